The third kappa shape index (κ3) is 4.16. The van der Waals surface area contributed by atoms with Crippen molar-refractivity contribution in [3.8, 4) is 11.3 Å². The lowest BCUT2D eigenvalue weighted by molar-refractivity contribution is 0.0552. The van der Waals surface area contributed by atoms with Gasteiger partial charge in [0.1, 0.15) is 11.4 Å². The minimum Gasteiger partial charge on any atom is -0.384 e. The third-order valence-corrected chi connectivity index (χ3v) is 7.62. The fourth-order valence-corrected chi connectivity index (χ4v) is 5.74. The van der Waals surface area contributed by atoms with Crippen molar-refractivity contribution in [3.63, 3.8) is 0 Å². The predicted octanol–water partition coefficient (Wildman–Crippen LogP) is 5.07. The molecule has 1 N–H and O–H groups in total. The summed E-state index contributed by atoms with van der Waals surface area (Å²) in [7, 11) is 1.87. The number of ether oxygens (including phenoxy) is 1. The highest BCUT2D eigenvalue weighted by atomic mass is 19.1. The lowest BCUT2D eigenvalue weighted by atomic mass is 9.86. The molecule has 5 aromatic rings. The van der Waals surface area contributed by atoms with Gasteiger partial charge in [0.2, 0.25) is 0 Å². The maximum atomic E-state index is 14.0. The predicted molar refractivity (Wildman–Crippen MR) is 143 cm³/mol. The molecular weight excluding hydrogens is 483 g/mol. The van der Waals surface area contributed by atoms with Crippen molar-refractivity contribution < 1.29 is 14.2 Å². The summed E-state index contributed by atoms with van der Waals surface area (Å²) in [5, 5.41) is 20.1. The summed E-state index contributed by atoms with van der Waals surface area (Å²) in [4.78, 5) is 9.52. The van der Waals surface area contributed by atoms with Crippen LogP contribution < -0.4 is 0 Å². The summed E-state index contributed by atoms with van der Waals surface area (Å²) in [6, 6.07) is 10.8. The monoisotopic (exact) mass is 514 g/mol. The van der Waals surface area contributed by atoms with E-state index < -0.39 is 5.60 Å². The molecule has 6 rings (SSSR count). The Balaban J connectivity index is 1.69. The first-order valence-corrected chi connectivity index (χ1v) is 12.9. The third-order valence-electron chi connectivity index (χ3n) is 7.62. The Morgan fingerprint density at radius 2 is 1.79 bits per heavy atom. The highest BCUT2D eigenvalue weighted by Crippen LogP contribution is 2.41. The van der Waals surface area contributed by atoms with E-state index in [1.54, 1.807) is 24.7 Å². The highest BCUT2D eigenvalue weighted by molar-refractivity contribution is 6.06. The molecule has 0 unspecified atom stereocenters. The quantitative estimate of drug-likeness (QED) is 0.352. The van der Waals surface area contributed by atoms with Crippen LogP contribution in [0, 0.1) is 18.7 Å². The van der Waals surface area contributed by atoms with E-state index in [9.17, 15) is 9.50 Å². The molecule has 8 nitrogen and oxygen atoms in total. The molecule has 9 heteroatoms. The average molecular weight is 515 g/mol. The number of aliphatic hydroxyl groups is 1. The van der Waals surface area contributed by atoms with Crippen molar-refractivity contribution in [1.82, 2.24) is 29.5 Å². The number of fused-ring (bicyclic) bond motifs is 3. The minimum atomic E-state index is -1.12. The molecule has 0 aliphatic carbocycles. The Bertz CT molecular complexity index is 1610. The molecule has 38 heavy (non-hydrogen) atoms. The van der Waals surface area contributed by atoms with Crippen LogP contribution in [-0.2, 0) is 17.4 Å². The Morgan fingerprint density at radius 3 is 2.45 bits per heavy atom. The van der Waals surface area contributed by atoms with Crippen LogP contribution in [0.4, 0.5) is 4.39 Å². The number of hydrogen-bond acceptors (Lipinski definition) is 6. The van der Waals surface area contributed by atoms with E-state index in [1.807, 2.05) is 38.4 Å². The Kier molecular flexibility index (Phi) is 6.00. The number of aryl methyl sites for hydroxylation is 2. The van der Waals surface area contributed by atoms with E-state index in [0.29, 0.717) is 18.9 Å². The number of hydrogen-bond donors (Lipinski definition) is 1. The lowest BCUT2D eigenvalue weighted by Crippen LogP contribution is -2.27. The standard InChI is InChI=1S/C29H31FN6O2/c1-17-27(35(4)34-33-17)20-13-24-26(32-15-20)22-16-31-25(29(2,3)37)14-23(22)36(24)28(19-9-11-38-12-10-19)18-5-7-21(30)8-6-18/h5-8,13-16,19,28,37H,9-12H2,1-4H3/t28-/m0/s1. The maximum Gasteiger partial charge on any atom is 0.123 e. The van der Waals surface area contributed by atoms with Crippen LogP contribution in [0.2, 0.25) is 0 Å². The first-order valence-electron chi connectivity index (χ1n) is 12.9. The van der Waals surface area contributed by atoms with E-state index >= 15 is 0 Å². The molecular formula is C29H31FN6O2. The van der Waals surface area contributed by atoms with E-state index in [0.717, 1.165) is 57.3 Å². The molecule has 0 spiro atoms. The van der Waals surface area contributed by atoms with E-state index in [2.05, 4.69) is 25.9 Å². The summed E-state index contributed by atoms with van der Waals surface area (Å²) < 4.78 is 23.8. The zero-order chi connectivity index (χ0) is 26.6. The van der Waals surface area contributed by atoms with Gasteiger partial charge >= 0.3 is 0 Å². The smallest absolute Gasteiger partial charge is 0.123 e. The van der Waals surface area contributed by atoms with Gasteiger partial charge in [0, 0.05) is 43.6 Å². The summed E-state index contributed by atoms with van der Waals surface area (Å²) >= 11 is 0. The fourth-order valence-electron chi connectivity index (χ4n) is 5.74. The van der Waals surface area contributed by atoms with Gasteiger partial charge in [-0.1, -0.05) is 17.3 Å². The molecule has 1 aliphatic rings. The maximum absolute atomic E-state index is 14.0. The fraction of sp³-hybridized carbons (Fsp3) is 0.379. The van der Waals surface area contributed by atoms with Gasteiger partial charge in [0.25, 0.3) is 0 Å². The number of pyridine rings is 2. The van der Waals surface area contributed by atoms with Crippen LogP contribution in [0.3, 0.4) is 0 Å². The minimum absolute atomic E-state index is 0.0978. The molecule has 1 fully saturated rings. The first-order chi connectivity index (χ1) is 18.2. The molecule has 0 radical (unpaired) electrons. The molecule has 1 aliphatic heterocycles. The second-order valence-electron chi connectivity index (χ2n) is 10.7. The second kappa shape index (κ2) is 9.25. The molecule has 0 bridgehead atoms. The van der Waals surface area contributed by atoms with Gasteiger partial charge in [-0.05, 0) is 69.4 Å². The molecule has 5 heterocycles. The summed E-state index contributed by atoms with van der Waals surface area (Å²) in [5.74, 6) is -0.00567. The largest absolute Gasteiger partial charge is 0.384 e. The molecule has 0 amide bonds. The van der Waals surface area contributed by atoms with Gasteiger partial charge in [0.05, 0.1) is 39.7 Å². The van der Waals surface area contributed by atoms with Gasteiger partial charge in [-0.2, -0.15) is 0 Å². The number of aromatic nitrogens is 6. The SMILES string of the molecule is Cc1nnn(C)c1-c1cnc2c3cnc(C(C)(C)O)cc3n([C@@H](c3ccc(F)cc3)C3CCOCC3)c2c1. The van der Waals surface area contributed by atoms with E-state index in [4.69, 9.17) is 9.72 Å². The molecule has 0 saturated carbocycles. The van der Waals surface area contributed by atoms with Gasteiger partial charge in [0.15, 0.2) is 0 Å². The summed E-state index contributed by atoms with van der Waals surface area (Å²) in [5.41, 5.74) is 5.80. The van der Waals surface area contributed by atoms with Crippen LogP contribution in [0.1, 0.15) is 49.7 Å². The molecule has 4 aromatic heterocycles. The van der Waals surface area contributed by atoms with Crippen molar-refractivity contribution in [3.05, 3.63) is 71.6 Å². The van der Waals surface area contributed by atoms with Crippen molar-refractivity contribution in [2.45, 2.75) is 45.3 Å². The molecule has 1 saturated heterocycles. The lowest BCUT2D eigenvalue weighted by Gasteiger charge is -2.33. The number of benzene rings is 1. The van der Waals surface area contributed by atoms with Crippen LogP contribution in [-0.4, -0.2) is 47.8 Å². The average Bonchev–Trinajstić information content (AvgIpc) is 3.41. The van der Waals surface area contributed by atoms with Crippen molar-refractivity contribution in [1.29, 1.82) is 0 Å². The zero-order valence-corrected chi connectivity index (χ0v) is 22.0. The number of halogens is 1. The second-order valence-corrected chi connectivity index (χ2v) is 10.7. The van der Waals surface area contributed by atoms with Gasteiger partial charge in [-0.25, -0.2) is 9.07 Å². The van der Waals surface area contributed by atoms with E-state index in [-0.39, 0.29) is 17.8 Å². The summed E-state index contributed by atoms with van der Waals surface area (Å²) in [6.07, 6.45) is 5.41. The van der Waals surface area contributed by atoms with Crippen LogP contribution in [0.25, 0.3) is 33.2 Å². The Hall–Kier alpha value is -3.69. The summed E-state index contributed by atoms with van der Waals surface area (Å²) in [6.45, 7) is 6.76. The highest BCUT2D eigenvalue weighted by Gasteiger charge is 2.31. The van der Waals surface area contributed by atoms with Gasteiger partial charge < -0.3 is 14.4 Å². The van der Waals surface area contributed by atoms with Crippen molar-refractivity contribution in [2.75, 3.05) is 13.2 Å². The van der Waals surface area contributed by atoms with Gasteiger partial charge in [-0.3, -0.25) is 9.97 Å². The van der Waals surface area contributed by atoms with Crippen LogP contribution in [0.15, 0.2) is 48.8 Å². The zero-order valence-electron chi connectivity index (χ0n) is 22.0. The normalized spacial score (nSPS) is 15.9. The number of nitrogens with zero attached hydrogens (tertiary/aromatic N) is 6. The first kappa shape index (κ1) is 24.6. The molecule has 1 atom stereocenters. The van der Waals surface area contributed by atoms with Crippen molar-refractivity contribution in [2.24, 2.45) is 13.0 Å². The Morgan fingerprint density at radius 1 is 1.05 bits per heavy atom. The van der Waals surface area contributed by atoms with E-state index in [1.165, 1.54) is 12.1 Å². The van der Waals surface area contributed by atoms with Gasteiger partial charge in [-0.15, -0.1) is 5.10 Å². The van der Waals surface area contributed by atoms with Crippen molar-refractivity contribution >= 4 is 21.9 Å². The topological polar surface area (TPSA) is 90.9 Å². The molecule has 196 valence electrons. The molecule has 1 aromatic carbocycles. The Labute approximate surface area is 220 Å². The van der Waals surface area contributed by atoms with Crippen LogP contribution >= 0.6 is 0 Å². The van der Waals surface area contributed by atoms with Crippen LogP contribution in [0.5, 0.6) is 0 Å². The number of rotatable bonds is 5.